The normalized spacial score (nSPS) is 27.8. The van der Waals surface area contributed by atoms with Gasteiger partial charge in [-0.3, -0.25) is 0 Å². The molecule has 1 aromatic carbocycles. The van der Waals surface area contributed by atoms with E-state index in [0.717, 1.165) is 30.0 Å². The van der Waals surface area contributed by atoms with Gasteiger partial charge in [0.2, 0.25) is 0 Å². The summed E-state index contributed by atoms with van der Waals surface area (Å²) in [4.78, 5) is 4.46. The van der Waals surface area contributed by atoms with Gasteiger partial charge in [0.05, 0.1) is 12.1 Å². The van der Waals surface area contributed by atoms with Gasteiger partial charge in [-0.2, -0.15) is 4.98 Å². The first-order valence-corrected chi connectivity index (χ1v) is 6.64. The standard InChI is InChI=1S/C14H16N2O2/c1-2-4-12-10(3-1)15-14(18-12)16-11-7-8-17-13(11)9-5-6-9/h1-4,9,11,13H,5-8H2,(H,15,16). The maximum atomic E-state index is 5.80. The molecule has 4 rings (SSSR count). The highest BCUT2D eigenvalue weighted by molar-refractivity contribution is 5.74. The van der Waals surface area contributed by atoms with Gasteiger partial charge in [0.25, 0.3) is 6.01 Å². The number of ether oxygens (including phenoxy) is 1. The Kier molecular flexibility index (Phi) is 2.30. The molecule has 4 heteroatoms. The lowest BCUT2D eigenvalue weighted by atomic mass is 10.1. The molecule has 0 bridgehead atoms. The second-order valence-electron chi connectivity index (χ2n) is 5.20. The molecule has 2 fully saturated rings. The van der Waals surface area contributed by atoms with E-state index < -0.39 is 0 Å². The summed E-state index contributed by atoms with van der Waals surface area (Å²) in [5.41, 5.74) is 1.74. The summed E-state index contributed by atoms with van der Waals surface area (Å²) in [6, 6.07) is 8.82. The zero-order valence-corrected chi connectivity index (χ0v) is 10.1. The Morgan fingerprint density at radius 2 is 2.06 bits per heavy atom. The third kappa shape index (κ3) is 1.77. The quantitative estimate of drug-likeness (QED) is 0.901. The van der Waals surface area contributed by atoms with Crippen LogP contribution in [-0.2, 0) is 4.74 Å². The highest BCUT2D eigenvalue weighted by Gasteiger charge is 2.41. The number of oxazole rings is 1. The molecular weight excluding hydrogens is 228 g/mol. The Bertz CT molecular complexity index is 529. The van der Waals surface area contributed by atoms with Crippen molar-refractivity contribution in [2.45, 2.75) is 31.4 Å². The fourth-order valence-corrected chi connectivity index (χ4v) is 2.75. The zero-order chi connectivity index (χ0) is 11.9. The number of benzene rings is 1. The molecule has 0 radical (unpaired) electrons. The van der Waals surface area contributed by atoms with Crippen molar-refractivity contribution in [1.29, 1.82) is 0 Å². The summed E-state index contributed by atoms with van der Waals surface area (Å²) in [7, 11) is 0. The lowest BCUT2D eigenvalue weighted by molar-refractivity contribution is 0.0895. The largest absolute Gasteiger partial charge is 0.424 e. The minimum Gasteiger partial charge on any atom is -0.424 e. The number of hydrogen-bond donors (Lipinski definition) is 1. The second kappa shape index (κ2) is 3.99. The van der Waals surface area contributed by atoms with Crippen LogP contribution >= 0.6 is 0 Å². The summed E-state index contributed by atoms with van der Waals surface area (Å²) in [5, 5.41) is 3.40. The molecule has 2 aliphatic rings. The van der Waals surface area contributed by atoms with Crippen molar-refractivity contribution in [1.82, 2.24) is 4.98 Å². The molecule has 1 aliphatic carbocycles. The molecule has 18 heavy (non-hydrogen) atoms. The van der Waals surface area contributed by atoms with Crippen molar-refractivity contribution >= 4 is 17.1 Å². The van der Waals surface area contributed by atoms with E-state index in [1.54, 1.807) is 0 Å². The van der Waals surface area contributed by atoms with Crippen molar-refractivity contribution < 1.29 is 9.15 Å². The summed E-state index contributed by atoms with van der Waals surface area (Å²) in [5.74, 6) is 0.745. The number of hydrogen-bond acceptors (Lipinski definition) is 4. The van der Waals surface area contributed by atoms with Crippen LogP contribution in [0.1, 0.15) is 19.3 Å². The van der Waals surface area contributed by atoms with E-state index in [-0.39, 0.29) is 0 Å². The highest BCUT2D eigenvalue weighted by Crippen LogP contribution is 2.39. The van der Waals surface area contributed by atoms with Crippen LogP contribution in [0.3, 0.4) is 0 Å². The van der Waals surface area contributed by atoms with Gasteiger partial charge in [-0.25, -0.2) is 0 Å². The number of nitrogens with one attached hydrogen (secondary N) is 1. The fraction of sp³-hybridized carbons (Fsp3) is 0.500. The van der Waals surface area contributed by atoms with Crippen LogP contribution in [0.4, 0.5) is 6.01 Å². The first-order chi connectivity index (χ1) is 8.90. The zero-order valence-electron chi connectivity index (χ0n) is 10.1. The van der Waals surface area contributed by atoms with E-state index in [1.165, 1.54) is 12.8 Å². The van der Waals surface area contributed by atoms with E-state index >= 15 is 0 Å². The van der Waals surface area contributed by atoms with Crippen molar-refractivity contribution in [3.05, 3.63) is 24.3 Å². The predicted molar refractivity (Wildman–Crippen MR) is 68.5 cm³/mol. The average Bonchev–Trinajstić information content (AvgIpc) is 2.98. The van der Waals surface area contributed by atoms with Gasteiger partial charge in [0.1, 0.15) is 5.52 Å². The van der Waals surface area contributed by atoms with Crippen LogP contribution < -0.4 is 5.32 Å². The van der Waals surface area contributed by atoms with Gasteiger partial charge in [-0.1, -0.05) is 12.1 Å². The third-order valence-corrected chi connectivity index (χ3v) is 3.83. The SMILES string of the molecule is c1ccc2oc(NC3CCOC3C3CC3)nc2c1. The lowest BCUT2D eigenvalue weighted by Crippen LogP contribution is -2.31. The number of nitrogens with zero attached hydrogens (tertiary/aromatic N) is 1. The highest BCUT2D eigenvalue weighted by atomic mass is 16.5. The first-order valence-electron chi connectivity index (χ1n) is 6.64. The van der Waals surface area contributed by atoms with Crippen molar-refractivity contribution in [3.8, 4) is 0 Å². The van der Waals surface area contributed by atoms with Crippen molar-refractivity contribution in [2.24, 2.45) is 5.92 Å². The Labute approximate surface area is 105 Å². The number of anilines is 1. The second-order valence-corrected chi connectivity index (χ2v) is 5.20. The summed E-state index contributed by atoms with van der Waals surface area (Å²) >= 11 is 0. The minimum atomic E-state index is 0.347. The van der Waals surface area contributed by atoms with E-state index in [1.807, 2.05) is 24.3 Å². The number of aromatic nitrogens is 1. The number of rotatable bonds is 3. The van der Waals surface area contributed by atoms with Crippen molar-refractivity contribution in [3.63, 3.8) is 0 Å². The molecule has 2 heterocycles. The van der Waals surface area contributed by atoms with Crippen LogP contribution in [0.15, 0.2) is 28.7 Å². The van der Waals surface area contributed by atoms with E-state index in [0.29, 0.717) is 18.2 Å². The maximum absolute atomic E-state index is 5.80. The van der Waals surface area contributed by atoms with Gasteiger partial charge in [0.15, 0.2) is 5.58 Å². The van der Waals surface area contributed by atoms with Crippen LogP contribution in [0.5, 0.6) is 0 Å². The molecule has 1 saturated carbocycles. The van der Waals surface area contributed by atoms with E-state index in [2.05, 4.69) is 10.3 Å². The van der Waals surface area contributed by atoms with Crippen molar-refractivity contribution in [2.75, 3.05) is 11.9 Å². The van der Waals surface area contributed by atoms with Gasteiger partial charge in [0, 0.05) is 6.61 Å². The monoisotopic (exact) mass is 244 g/mol. The Morgan fingerprint density at radius 1 is 1.17 bits per heavy atom. The Balaban J connectivity index is 1.56. The molecule has 1 N–H and O–H groups in total. The molecule has 0 spiro atoms. The van der Waals surface area contributed by atoms with Crippen LogP contribution in [0.2, 0.25) is 0 Å². The Morgan fingerprint density at radius 3 is 2.89 bits per heavy atom. The van der Waals surface area contributed by atoms with Gasteiger partial charge in [-0.05, 0) is 37.3 Å². The number of fused-ring (bicyclic) bond motifs is 1. The van der Waals surface area contributed by atoms with Gasteiger partial charge < -0.3 is 14.5 Å². The van der Waals surface area contributed by atoms with Crippen LogP contribution in [0.25, 0.3) is 11.1 Å². The fourth-order valence-electron chi connectivity index (χ4n) is 2.75. The topological polar surface area (TPSA) is 47.3 Å². The summed E-state index contributed by atoms with van der Waals surface area (Å²) in [6.45, 7) is 0.846. The smallest absolute Gasteiger partial charge is 0.295 e. The molecule has 2 aromatic rings. The molecule has 2 unspecified atom stereocenters. The van der Waals surface area contributed by atoms with E-state index in [9.17, 15) is 0 Å². The third-order valence-electron chi connectivity index (χ3n) is 3.83. The maximum Gasteiger partial charge on any atom is 0.295 e. The van der Waals surface area contributed by atoms with Crippen LogP contribution in [0, 0.1) is 5.92 Å². The molecular formula is C14H16N2O2. The predicted octanol–water partition coefficient (Wildman–Crippen LogP) is 2.81. The molecule has 4 nitrogen and oxygen atoms in total. The molecule has 1 aliphatic heterocycles. The summed E-state index contributed by atoms with van der Waals surface area (Å²) < 4.78 is 11.5. The summed E-state index contributed by atoms with van der Waals surface area (Å²) in [6.07, 6.45) is 3.99. The van der Waals surface area contributed by atoms with E-state index in [4.69, 9.17) is 9.15 Å². The minimum absolute atomic E-state index is 0.347. The Hall–Kier alpha value is -1.55. The molecule has 1 aromatic heterocycles. The number of para-hydroxylation sites is 2. The molecule has 0 amide bonds. The molecule has 2 atom stereocenters. The lowest BCUT2D eigenvalue weighted by Gasteiger charge is -2.17. The van der Waals surface area contributed by atoms with Gasteiger partial charge >= 0.3 is 0 Å². The first kappa shape index (κ1) is 10.4. The molecule has 1 saturated heterocycles. The van der Waals surface area contributed by atoms with Crippen LogP contribution in [-0.4, -0.2) is 23.7 Å². The van der Waals surface area contributed by atoms with Gasteiger partial charge in [-0.15, -0.1) is 0 Å². The average molecular weight is 244 g/mol. The molecule has 94 valence electrons.